The smallest absolute Gasteiger partial charge is 0.265 e. The standard InChI is InChI=1S/C19H23N3O3S/c1-11-6-7-14(10-12(11)2)15(23)8-9-16(24)21-19-20-13(3)17(26-19)18(25)22(4)5/h6-7,10H,8-9H2,1-5H3,(H,20,21,24). The van der Waals surface area contributed by atoms with Crippen molar-refractivity contribution in [3.8, 4) is 0 Å². The molecular weight excluding hydrogens is 350 g/mol. The molecule has 0 spiro atoms. The van der Waals surface area contributed by atoms with Gasteiger partial charge in [0.05, 0.1) is 5.69 Å². The van der Waals surface area contributed by atoms with Crippen molar-refractivity contribution in [2.24, 2.45) is 0 Å². The molecule has 0 bridgehead atoms. The normalized spacial score (nSPS) is 10.5. The Morgan fingerprint density at radius 1 is 1.08 bits per heavy atom. The zero-order chi connectivity index (χ0) is 19.4. The van der Waals surface area contributed by atoms with E-state index in [9.17, 15) is 14.4 Å². The van der Waals surface area contributed by atoms with Gasteiger partial charge in [0, 0.05) is 32.5 Å². The first-order valence-electron chi connectivity index (χ1n) is 8.28. The summed E-state index contributed by atoms with van der Waals surface area (Å²) in [6.45, 7) is 5.67. The van der Waals surface area contributed by atoms with Crippen molar-refractivity contribution >= 4 is 34.1 Å². The van der Waals surface area contributed by atoms with Crippen LogP contribution in [0, 0.1) is 20.8 Å². The minimum absolute atomic E-state index is 0.0676. The highest BCUT2D eigenvalue weighted by Gasteiger charge is 2.18. The number of nitrogens with one attached hydrogen (secondary N) is 1. The second-order valence-electron chi connectivity index (χ2n) is 6.40. The van der Waals surface area contributed by atoms with Crippen LogP contribution in [0.5, 0.6) is 0 Å². The van der Waals surface area contributed by atoms with E-state index in [0.717, 1.165) is 22.5 Å². The van der Waals surface area contributed by atoms with E-state index in [-0.39, 0.29) is 30.4 Å². The van der Waals surface area contributed by atoms with Gasteiger partial charge in [-0.05, 0) is 38.0 Å². The van der Waals surface area contributed by atoms with E-state index >= 15 is 0 Å². The van der Waals surface area contributed by atoms with E-state index < -0.39 is 0 Å². The maximum Gasteiger partial charge on any atom is 0.265 e. The van der Waals surface area contributed by atoms with Gasteiger partial charge in [-0.25, -0.2) is 4.98 Å². The molecule has 2 rings (SSSR count). The Balaban J connectivity index is 1.94. The van der Waals surface area contributed by atoms with Gasteiger partial charge in [0.1, 0.15) is 4.88 Å². The molecule has 1 heterocycles. The Labute approximate surface area is 157 Å². The van der Waals surface area contributed by atoms with Crippen molar-refractivity contribution in [3.63, 3.8) is 0 Å². The average Bonchev–Trinajstić information content (AvgIpc) is 2.94. The first-order chi connectivity index (χ1) is 12.2. The Morgan fingerprint density at radius 2 is 1.77 bits per heavy atom. The van der Waals surface area contributed by atoms with Crippen LogP contribution in [0.4, 0.5) is 5.13 Å². The van der Waals surface area contributed by atoms with Crippen molar-refractivity contribution in [1.29, 1.82) is 0 Å². The molecule has 0 unspecified atom stereocenters. The number of aromatic nitrogens is 1. The van der Waals surface area contributed by atoms with Crippen molar-refractivity contribution in [2.45, 2.75) is 33.6 Å². The lowest BCUT2D eigenvalue weighted by Gasteiger charge is -2.07. The van der Waals surface area contributed by atoms with Gasteiger partial charge < -0.3 is 10.2 Å². The highest BCUT2D eigenvalue weighted by molar-refractivity contribution is 7.17. The highest BCUT2D eigenvalue weighted by atomic mass is 32.1. The lowest BCUT2D eigenvalue weighted by Crippen LogP contribution is -2.21. The number of carbonyl (C=O) groups is 3. The number of carbonyl (C=O) groups excluding carboxylic acids is 3. The number of nitrogens with zero attached hydrogens (tertiary/aromatic N) is 2. The summed E-state index contributed by atoms with van der Waals surface area (Å²) in [6, 6.07) is 5.54. The number of aryl methyl sites for hydroxylation is 3. The van der Waals surface area contributed by atoms with Crippen molar-refractivity contribution in [1.82, 2.24) is 9.88 Å². The zero-order valence-electron chi connectivity index (χ0n) is 15.7. The lowest BCUT2D eigenvalue weighted by atomic mass is 10.0. The van der Waals surface area contributed by atoms with Gasteiger partial charge in [-0.2, -0.15) is 0 Å². The van der Waals surface area contributed by atoms with E-state index in [0.29, 0.717) is 21.3 Å². The number of anilines is 1. The first-order valence-corrected chi connectivity index (χ1v) is 9.10. The molecule has 0 fully saturated rings. The second-order valence-corrected chi connectivity index (χ2v) is 7.40. The number of hydrogen-bond donors (Lipinski definition) is 1. The number of Topliss-reactive ketones (excluding diaryl/α,β-unsaturated/α-hetero) is 1. The van der Waals surface area contributed by atoms with E-state index in [1.54, 1.807) is 27.1 Å². The van der Waals surface area contributed by atoms with Crippen LogP contribution >= 0.6 is 11.3 Å². The minimum atomic E-state index is -0.292. The molecule has 0 radical (unpaired) electrons. The number of thiazole rings is 1. The molecule has 1 aromatic carbocycles. The van der Waals surface area contributed by atoms with Crippen molar-refractivity contribution in [2.75, 3.05) is 19.4 Å². The molecule has 0 saturated carbocycles. The molecule has 6 nitrogen and oxygen atoms in total. The fourth-order valence-electron chi connectivity index (χ4n) is 2.32. The van der Waals surface area contributed by atoms with Gasteiger partial charge >= 0.3 is 0 Å². The van der Waals surface area contributed by atoms with Crippen molar-refractivity contribution in [3.05, 3.63) is 45.5 Å². The SMILES string of the molecule is Cc1ccc(C(=O)CCC(=O)Nc2nc(C)c(C(=O)N(C)C)s2)cc1C. The number of benzene rings is 1. The summed E-state index contributed by atoms with van der Waals surface area (Å²) in [5.74, 6) is -0.507. The Kier molecular flexibility index (Phi) is 6.26. The fraction of sp³-hybridized carbons (Fsp3) is 0.368. The van der Waals surface area contributed by atoms with Gasteiger partial charge in [-0.15, -0.1) is 0 Å². The summed E-state index contributed by atoms with van der Waals surface area (Å²) in [7, 11) is 3.33. The van der Waals surface area contributed by atoms with Crippen LogP contribution in [0.25, 0.3) is 0 Å². The van der Waals surface area contributed by atoms with Crippen LogP contribution in [0.15, 0.2) is 18.2 Å². The largest absolute Gasteiger partial charge is 0.344 e. The summed E-state index contributed by atoms with van der Waals surface area (Å²) >= 11 is 1.14. The van der Waals surface area contributed by atoms with Gasteiger partial charge in [0.15, 0.2) is 10.9 Å². The first kappa shape index (κ1) is 19.8. The summed E-state index contributed by atoms with van der Waals surface area (Å²) in [5.41, 5.74) is 3.37. The Bertz CT molecular complexity index is 856. The molecule has 7 heteroatoms. The van der Waals surface area contributed by atoms with Gasteiger partial charge in [-0.3, -0.25) is 14.4 Å². The zero-order valence-corrected chi connectivity index (χ0v) is 16.5. The molecule has 2 amide bonds. The summed E-state index contributed by atoms with van der Waals surface area (Å²) in [4.78, 5) is 42.6. The lowest BCUT2D eigenvalue weighted by molar-refractivity contribution is -0.116. The quantitative estimate of drug-likeness (QED) is 0.788. The van der Waals surface area contributed by atoms with Crippen LogP contribution in [0.1, 0.15) is 49.7 Å². The predicted octanol–water partition coefficient (Wildman–Crippen LogP) is 3.37. The minimum Gasteiger partial charge on any atom is -0.344 e. The fourth-order valence-corrected chi connectivity index (χ4v) is 3.32. The van der Waals surface area contributed by atoms with Crippen LogP contribution in [-0.4, -0.2) is 41.6 Å². The van der Waals surface area contributed by atoms with Crippen LogP contribution in [0.2, 0.25) is 0 Å². The number of amides is 2. The topological polar surface area (TPSA) is 79.4 Å². The summed E-state index contributed by atoms with van der Waals surface area (Å²) in [5, 5.41) is 3.04. The van der Waals surface area contributed by atoms with Gasteiger partial charge in [0.2, 0.25) is 5.91 Å². The molecular formula is C19H23N3O3S. The molecule has 0 saturated heterocycles. The summed E-state index contributed by atoms with van der Waals surface area (Å²) < 4.78 is 0. The predicted molar refractivity (Wildman–Crippen MR) is 103 cm³/mol. The summed E-state index contributed by atoms with van der Waals surface area (Å²) in [6.07, 6.45) is 0.198. The molecule has 26 heavy (non-hydrogen) atoms. The Hall–Kier alpha value is -2.54. The van der Waals surface area contributed by atoms with E-state index in [1.165, 1.54) is 4.90 Å². The second kappa shape index (κ2) is 8.23. The molecule has 0 aliphatic rings. The van der Waals surface area contributed by atoms with Gasteiger partial charge in [-0.1, -0.05) is 23.5 Å². The highest BCUT2D eigenvalue weighted by Crippen LogP contribution is 2.24. The average molecular weight is 373 g/mol. The molecule has 0 aliphatic heterocycles. The van der Waals surface area contributed by atoms with Crippen LogP contribution in [0.3, 0.4) is 0 Å². The molecule has 138 valence electrons. The number of hydrogen-bond acceptors (Lipinski definition) is 5. The molecule has 1 aromatic heterocycles. The van der Waals surface area contributed by atoms with E-state index in [4.69, 9.17) is 0 Å². The third-order valence-electron chi connectivity index (χ3n) is 4.05. The number of ketones is 1. The molecule has 1 N–H and O–H groups in total. The maximum absolute atomic E-state index is 12.2. The monoisotopic (exact) mass is 373 g/mol. The Morgan fingerprint density at radius 3 is 2.38 bits per heavy atom. The van der Waals surface area contributed by atoms with E-state index in [2.05, 4.69) is 10.3 Å². The van der Waals surface area contributed by atoms with Crippen LogP contribution < -0.4 is 5.32 Å². The molecule has 0 atom stereocenters. The molecule has 2 aromatic rings. The van der Waals surface area contributed by atoms with Crippen molar-refractivity contribution < 1.29 is 14.4 Å². The third-order valence-corrected chi connectivity index (χ3v) is 5.11. The van der Waals surface area contributed by atoms with Gasteiger partial charge in [0.25, 0.3) is 5.91 Å². The maximum atomic E-state index is 12.2. The molecule has 0 aliphatic carbocycles. The third kappa shape index (κ3) is 4.76. The van der Waals surface area contributed by atoms with Crippen LogP contribution in [-0.2, 0) is 4.79 Å². The number of rotatable bonds is 6. The van der Waals surface area contributed by atoms with E-state index in [1.807, 2.05) is 26.0 Å².